The van der Waals surface area contributed by atoms with Crippen LogP contribution >= 0.6 is 0 Å². The average molecular weight is 312 g/mol. The minimum Gasteiger partial charge on any atom is -0.299 e. The second-order valence-corrected chi connectivity index (χ2v) is 8.76. The van der Waals surface area contributed by atoms with Gasteiger partial charge >= 0.3 is 0 Å². The normalized spacial score (nSPS) is 47.9. The van der Waals surface area contributed by atoms with E-state index in [0.717, 1.165) is 37.7 Å². The van der Waals surface area contributed by atoms with Crippen LogP contribution in [0.2, 0.25) is 0 Å². The molecule has 0 radical (unpaired) electrons. The maximum absolute atomic E-state index is 12.5. The maximum Gasteiger partial charge on any atom is 0.159 e. The Hall–Kier alpha value is -1.18. The summed E-state index contributed by atoms with van der Waals surface area (Å²) in [6.07, 6.45) is 11.1. The van der Waals surface area contributed by atoms with Crippen LogP contribution in [-0.2, 0) is 9.59 Å². The molecule has 3 fully saturated rings. The summed E-state index contributed by atoms with van der Waals surface area (Å²) in [4.78, 5) is 24.4. The predicted octanol–water partition coefficient (Wildman–Crippen LogP) is 4.64. The van der Waals surface area contributed by atoms with E-state index in [1.807, 2.05) is 6.92 Å². The predicted molar refractivity (Wildman–Crippen MR) is 90.9 cm³/mol. The monoisotopic (exact) mass is 312 g/mol. The SMILES string of the molecule is CC=C1C(=O)CC2C3CC=C4CC(=O)CCC4(C)C3CCC12C. The van der Waals surface area contributed by atoms with Gasteiger partial charge in [0.25, 0.3) is 0 Å². The van der Waals surface area contributed by atoms with Crippen molar-refractivity contribution in [2.24, 2.45) is 28.6 Å². The van der Waals surface area contributed by atoms with Crippen LogP contribution in [0.25, 0.3) is 0 Å². The maximum atomic E-state index is 12.5. The fourth-order valence-electron chi connectivity index (χ4n) is 6.63. The second kappa shape index (κ2) is 4.91. The summed E-state index contributed by atoms with van der Waals surface area (Å²) in [5.74, 6) is 2.60. The molecule has 0 N–H and O–H groups in total. The Morgan fingerprint density at radius 2 is 1.91 bits per heavy atom. The summed E-state index contributed by atoms with van der Waals surface area (Å²) in [6.45, 7) is 6.76. The van der Waals surface area contributed by atoms with Gasteiger partial charge in [0.2, 0.25) is 0 Å². The molecule has 0 aromatic rings. The zero-order valence-corrected chi connectivity index (χ0v) is 14.7. The van der Waals surface area contributed by atoms with Crippen molar-refractivity contribution in [1.29, 1.82) is 0 Å². The van der Waals surface area contributed by atoms with Gasteiger partial charge in [-0.3, -0.25) is 9.59 Å². The molecule has 2 nitrogen and oxygen atoms in total. The molecule has 23 heavy (non-hydrogen) atoms. The third kappa shape index (κ3) is 1.93. The molecule has 0 bridgehead atoms. The van der Waals surface area contributed by atoms with Crippen molar-refractivity contribution in [3.05, 3.63) is 23.3 Å². The van der Waals surface area contributed by atoms with E-state index < -0.39 is 0 Å². The smallest absolute Gasteiger partial charge is 0.159 e. The van der Waals surface area contributed by atoms with Crippen molar-refractivity contribution < 1.29 is 9.59 Å². The van der Waals surface area contributed by atoms with Gasteiger partial charge in [-0.05, 0) is 66.8 Å². The number of Topliss-reactive ketones (excluding diaryl/α,β-unsaturated/α-hetero) is 2. The first-order chi connectivity index (χ1) is 10.9. The van der Waals surface area contributed by atoms with Crippen LogP contribution in [-0.4, -0.2) is 11.6 Å². The molecular weight excluding hydrogens is 284 g/mol. The molecular formula is C21H28O2. The average Bonchev–Trinajstić information content (AvgIpc) is 2.77. The molecule has 5 unspecified atom stereocenters. The molecule has 4 aliphatic carbocycles. The largest absolute Gasteiger partial charge is 0.299 e. The van der Waals surface area contributed by atoms with Crippen LogP contribution in [0.3, 0.4) is 0 Å². The first-order valence-corrected chi connectivity index (χ1v) is 9.31. The van der Waals surface area contributed by atoms with Crippen molar-refractivity contribution in [1.82, 2.24) is 0 Å². The minimum absolute atomic E-state index is 0.0964. The first-order valence-electron chi connectivity index (χ1n) is 9.31. The zero-order chi connectivity index (χ0) is 16.4. The van der Waals surface area contributed by atoms with E-state index in [0.29, 0.717) is 35.7 Å². The number of allylic oxidation sites excluding steroid dienone is 4. The summed E-state index contributed by atoms with van der Waals surface area (Å²) >= 11 is 0. The number of carbonyl (C=O) groups excluding carboxylic acids is 2. The van der Waals surface area contributed by atoms with Gasteiger partial charge in [-0.25, -0.2) is 0 Å². The quantitative estimate of drug-likeness (QED) is 0.482. The topological polar surface area (TPSA) is 34.1 Å². The zero-order valence-electron chi connectivity index (χ0n) is 14.7. The van der Waals surface area contributed by atoms with Gasteiger partial charge in [0, 0.05) is 19.3 Å². The fraction of sp³-hybridized carbons (Fsp3) is 0.714. The van der Waals surface area contributed by atoms with Crippen LogP contribution < -0.4 is 0 Å². The van der Waals surface area contributed by atoms with Crippen molar-refractivity contribution in [2.45, 2.75) is 65.7 Å². The molecule has 124 valence electrons. The van der Waals surface area contributed by atoms with Crippen molar-refractivity contribution in [3.63, 3.8) is 0 Å². The van der Waals surface area contributed by atoms with Crippen molar-refractivity contribution in [3.8, 4) is 0 Å². The summed E-state index contributed by atoms with van der Waals surface area (Å²) in [7, 11) is 0. The Labute approximate surface area is 139 Å². The third-order valence-electron chi connectivity index (χ3n) is 7.94. The van der Waals surface area contributed by atoms with E-state index in [1.165, 1.54) is 12.0 Å². The van der Waals surface area contributed by atoms with E-state index in [4.69, 9.17) is 0 Å². The van der Waals surface area contributed by atoms with Gasteiger partial charge in [-0.2, -0.15) is 0 Å². The molecule has 4 aliphatic rings. The molecule has 0 amide bonds. The lowest BCUT2D eigenvalue weighted by atomic mass is 9.48. The Morgan fingerprint density at radius 1 is 1.13 bits per heavy atom. The summed E-state index contributed by atoms with van der Waals surface area (Å²) in [5, 5.41) is 0. The Morgan fingerprint density at radius 3 is 2.65 bits per heavy atom. The molecule has 0 saturated heterocycles. The summed E-state index contributed by atoms with van der Waals surface area (Å²) in [5.41, 5.74) is 2.81. The van der Waals surface area contributed by atoms with E-state index in [-0.39, 0.29) is 10.8 Å². The van der Waals surface area contributed by atoms with Gasteiger partial charge in [-0.15, -0.1) is 0 Å². The number of hydrogen-bond donors (Lipinski definition) is 0. The number of hydrogen-bond acceptors (Lipinski definition) is 2. The lowest BCUT2D eigenvalue weighted by Gasteiger charge is -2.56. The number of fused-ring (bicyclic) bond motifs is 5. The number of rotatable bonds is 0. The molecule has 0 aromatic heterocycles. The Balaban J connectivity index is 1.73. The molecule has 0 spiro atoms. The van der Waals surface area contributed by atoms with Crippen molar-refractivity contribution in [2.75, 3.05) is 0 Å². The third-order valence-corrected chi connectivity index (χ3v) is 7.94. The Kier molecular flexibility index (Phi) is 3.28. The Bertz CT molecular complexity index is 640. The van der Waals surface area contributed by atoms with Gasteiger partial charge < -0.3 is 0 Å². The van der Waals surface area contributed by atoms with Crippen molar-refractivity contribution >= 4 is 11.6 Å². The highest BCUT2D eigenvalue weighted by Crippen LogP contribution is 2.65. The van der Waals surface area contributed by atoms with Crippen LogP contribution in [0.5, 0.6) is 0 Å². The number of ketones is 2. The minimum atomic E-state index is 0.0964. The lowest BCUT2D eigenvalue weighted by Crippen LogP contribution is -2.49. The molecule has 0 aromatic carbocycles. The van der Waals surface area contributed by atoms with Crippen LogP contribution in [0.4, 0.5) is 0 Å². The standard InChI is InChI=1S/C21H28O2/c1-4-16-19(23)12-18-15-6-5-13-11-14(22)7-9-20(13,2)17(15)8-10-21(16,18)3/h4-5,15,17-18H,6-12H2,1-3H3. The van der Waals surface area contributed by atoms with Crippen LogP contribution in [0, 0.1) is 28.6 Å². The summed E-state index contributed by atoms with van der Waals surface area (Å²) < 4.78 is 0. The highest BCUT2D eigenvalue weighted by atomic mass is 16.1. The molecule has 4 rings (SSSR count). The van der Waals surface area contributed by atoms with E-state index in [9.17, 15) is 9.59 Å². The van der Waals surface area contributed by atoms with Crippen LogP contribution in [0.1, 0.15) is 65.7 Å². The van der Waals surface area contributed by atoms with Gasteiger partial charge in [0.05, 0.1) is 0 Å². The van der Waals surface area contributed by atoms with Gasteiger partial charge in [0.15, 0.2) is 5.78 Å². The molecule has 3 saturated carbocycles. The number of carbonyl (C=O) groups is 2. The molecule has 0 heterocycles. The molecule has 2 heteroatoms. The molecule has 0 aliphatic heterocycles. The van der Waals surface area contributed by atoms with E-state index in [1.54, 1.807) is 0 Å². The van der Waals surface area contributed by atoms with Gasteiger partial charge in [0.1, 0.15) is 5.78 Å². The highest BCUT2D eigenvalue weighted by molar-refractivity contribution is 5.99. The van der Waals surface area contributed by atoms with E-state index in [2.05, 4.69) is 26.0 Å². The lowest BCUT2D eigenvalue weighted by molar-refractivity contribution is -0.122. The van der Waals surface area contributed by atoms with E-state index >= 15 is 0 Å². The first kappa shape index (κ1) is 15.4. The fourth-order valence-corrected chi connectivity index (χ4v) is 6.63. The van der Waals surface area contributed by atoms with Crippen LogP contribution in [0.15, 0.2) is 23.3 Å². The van der Waals surface area contributed by atoms with Gasteiger partial charge in [-0.1, -0.05) is 31.6 Å². The highest BCUT2D eigenvalue weighted by Gasteiger charge is 2.59. The molecule has 5 atom stereocenters. The summed E-state index contributed by atoms with van der Waals surface area (Å²) in [6, 6.07) is 0. The second-order valence-electron chi connectivity index (χ2n) is 8.76.